The Balaban J connectivity index is 1.72. The van der Waals surface area contributed by atoms with Crippen LogP contribution < -0.4 is 10.2 Å². The highest BCUT2D eigenvalue weighted by molar-refractivity contribution is 5.51. The molecule has 2 fully saturated rings. The second-order valence-corrected chi connectivity index (χ2v) is 6.05. The zero-order valence-electron chi connectivity index (χ0n) is 11.5. The van der Waals surface area contributed by atoms with Crippen LogP contribution >= 0.6 is 0 Å². The fraction of sp³-hybridized carbons (Fsp3) is 0.733. The highest BCUT2D eigenvalue weighted by Crippen LogP contribution is 2.40. The molecule has 0 radical (unpaired) electrons. The van der Waals surface area contributed by atoms with E-state index >= 15 is 0 Å². The standard InChI is InChI=1S/C15H22N4/c1-3-12-13(4-1)17-14(11-5-6-11)18-15(12)19-9-2-7-16-8-10-19/h11,16H,1-10H2. The average Bonchev–Trinajstić information content (AvgIpc) is 3.21. The Morgan fingerprint density at radius 3 is 2.84 bits per heavy atom. The van der Waals surface area contributed by atoms with Crippen molar-refractivity contribution < 1.29 is 0 Å². The molecule has 2 aliphatic carbocycles. The van der Waals surface area contributed by atoms with E-state index in [-0.39, 0.29) is 0 Å². The largest absolute Gasteiger partial charge is 0.355 e. The molecular formula is C15H22N4. The monoisotopic (exact) mass is 258 g/mol. The summed E-state index contributed by atoms with van der Waals surface area (Å²) in [6.45, 7) is 4.45. The lowest BCUT2D eigenvalue weighted by Gasteiger charge is -2.24. The summed E-state index contributed by atoms with van der Waals surface area (Å²) >= 11 is 0. The topological polar surface area (TPSA) is 41.1 Å². The minimum atomic E-state index is 0.662. The van der Waals surface area contributed by atoms with Crippen LogP contribution in [-0.4, -0.2) is 36.1 Å². The van der Waals surface area contributed by atoms with E-state index in [1.165, 1.54) is 49.2 Å². The predicted molar refractivity (Wildman–Crippen MR) is 75.7 cm³/mol. The number of nitrogens with zero attached hydrogens (tertiary/aromatic N) is 3. The van der Waals surface area contributed by atoms with Crippen molar-refractivity contribution in [2.45, 2.75) is 44.4 Å². The molecule has 1 aromatic rings. The fourth-order valence-corrected chi connectivity index (χ4v) is 3.27. The molecule has 1 aromatic heterocycles. The summed E-state index contributed by atoms with van der Waals surface area (Å²) in [4.78, 5) is 12.3. The summed E-state index contributed by atoms with van der Waals surface area (Å²) in [7, 11) is 0. The van der Waals surface area contributed by atoms with Crippen molar-refractivity contribution in [3.8, 4) is 0 Å². The van der Waals surface area contributed by atoms with Gasteiger partial charge in [-0.25, -0.2) is 9.97 Å². The molecule has 4 heteroatoms. The number of aromatic nitrogens is 2. The minimum absolute atomic E-state index is 0.662. The Bertz CT molecular complexity index is 473. The normalized spacial score (nSPS) is 23.3. The summed E-state index contributed by atoms with van der Waals surface area (Å²) in [6, 6.07) is 0. The number of aryl methyl sites for hydroxylation is 1. The lowest BCUT2D eigenvalue weighted by molar-refractivity contribution is 0.724. The summed E-state index contributed by atoms with van der Waals surface area (Å²) in [6.07, 6.45) is 7.41. The maximum absolute atomic E-state index is 4.96. The van der Waals surface area contributed by atoms with Crippen LogP contribution in [0.4, 0.5) is 5.82 Å². The second kappa shape index (κ2) is 4.75. The second-order valence-electron chi connectivity index (χ2n) is 6.05. The Kier molecular flexibility index (Phi) is 2.91. The van der Waals surface area contributed by atoms with Crippen molar-refractivity contribution in [3.63, 3.8) is 0 Å². The van der Waals surface area contributed by atoms with Gasteiger partial charge >= 0.3 is 0 Å². The van der Waals surface area contributed by atoms with Crippen molar-refractivity contribution >= 4 is 5.82 Å². The van der Waals surface area contributed by atoms with E-state index in [0.717, 1.165) is 38.4 Å². The van der Waals surface area contributed by atoms with Gasteiger partial charge < -0.3 is 10.2 Å². The number of hydrogen-bond acceptors (Lipinski definition) is 4. The molecule has 1 saturated heterocycles. The van der Waals surface area contributed by atoms with Gasteiger partial charge in [0.25, 0.3) is 0 Å². The van der Waals surface area contributed by atoms with Gasteiger partial charge in [0.05, 0.1) is 0 Å². The molecule has 1 N–H and O–H groups in total. The van der Waals surface area contributed by atoms with Gasteiger partial charge in [0.1, 0.15) is 11.6 Å². The highest BCUT2D eigenvalue weighted by Gasteiger charge is 2.30. The van der Waals surface area contributed by atoms with Crippen LogP contribution in [0.2, 0.25) is 0 Å². The molecule has 0 aromatic carbocycles. The molecule has 4 rings (SSSR count). The molecule has 19 heavy (non-hydrogen) atoms. The third-order valence-electron chi connectivity index (χ3n) is 4.51. The van der Waals surface area contributed by atoms with Crippen LogP contribution in [0, 0.1) is 0 Å². The summed E-state index contributed by atoms with van der Waals surface area (Å²) < 4.78 is 0. The number of hydrogen-bond donors (Lipinski definition) is 1. The van der Waals surface area contributed by atoms with Gasteiger partial charge in [0, 0.05) is 36.8 Å². The van der Waals surface area contributed by atoms with Gasteiger partial charge in [0.2, 0.25) is 0 Å². The smallest absolute Gasteiger partial charge is 0.135 e. The molecule has 3 aliphatic rings. The molecule has 0 atom stereocenters. The lowest BCUT2D eigenvalue weighted by Crippen LogP contribution is -2.30. The van der Waals surface area contributed by atoms with Crippen molar-refractivity contribution in [3.05, 3.63) is 17.1 Å². The van der Waals surface area contributed by atoms with Gasteiger partial charge in [-0.2, -0.15) is 0 Å². The van der Waals surface area contributed by atoms with E-state index < -0.39 is 0 Å². The van der Waals surface area contributed by atoms with Crippen LogP contribution in [0.3, 0.4) is 0 Å². The first-order chi connectivity index (χ1) is 9.42. The van der Waals surface area contributed by atoms with Gasteiger partial charge in [-0.05, 0) is 45.1 Å². The van der Waals surface area contributed by atoms with Crippen molar-refractivity contribution in [1.82, 2.24) is 15.3 Å². The molecule has 0 bridgehead atoms. The first-order valence-electron chi connectivity index (χ1n) is 7.77. The molecule has 2 heterocycles. The molecule has 0 amide bonds. The van der Waals surface area contributed by atoms with E-state index in [2.05, 4.69) is 10.2 Å². The summed E-state index contributed by atoms with van der Waals surface area (Å²) in [5, 5.41) is 3.48. The van der Waals surface area contributed by atoms with Gasteiger partial charge in [0.15, 0.2) is 0 Å². The molecular weight excluding hydrogens is 236 g/mol. The number of anilines is 1. The van der Waals surface area contributed by atoms with Crippen LogP contribution in [0.15, 0.2) is 0 Å². The van der Waals surface area contributed by atoms with Crippen molar-refractivity contribution in [2.24, 2.45) is 0 Å². The van der Waals surface area contributed by atoms with E-state index in [1.807, 2.05) is 0 Å². The molecule has 102 valence electrons. The molecule has 4 nitrogen and oxygen atoms in total. The Morgan fingerprint density at radius 1 is 1.00 bits per heavy atom. The maximum atomic E-state index is 4.96. The van der Waals surface area contributed by atoms with Gasteiger partial charge in [-0.1, -0.05) is 0 Å². The lowest BCUT2D eigenvalue weighted by atomic mass is 10.2. The van der Waals surface area contributed by atoms with Crippen molar-refractivity contribution in [1.29, 1.82) is 0 Å². The summed E-state index contributed by atoms with van der Waals surface area (Å²) in [5.41, 5.74) is 2.80. The number of nitrogens with one attached hydrogen (secondary N) is 1. The van der Waals surface area contributed by atoms with Gasteiger partial charge in [-0.15, -0.1) is 0 Å². The van der Waals surface area contributed by atoms with Crippen molar-refractivity contribution in [2.75, 3.05) is 31.1 Å². The van der Waals surface area contributed by atoms with E-state index in [4.69, 9.17) is 9.97 Å². The highest BCUT2D eigenvalue weighted by atomic mass is 15.2. The quantitative estimate of drug-likeness (QED) is 0.875. The Hall–Kier alpha value is -1.16. The minimum Gasteiger partial charge on any atom is -0.355 e. The molecule has 1 aliphatic heterocycles. The van der Waals surface area contributed by atoms with E-state index in [1.54, 1.807) is 0 Å². The summed E-state index contributed by atoms with van der Waals surface area (Å²) in [5.74, 6) is 3.07. The molecule has 0 spiro atoms. The number of rotatable bonds is 2. The predicted octanol–water partition coefficient (Wildman–Crippen LogP) is 1.64. The van der Waals surface area contributed by atoms with Crippen LogP contribution in [0.25, 0.3) is 0 Å². The molecule has 0 unspecified atom stereocenters. The first-order valence-corrected chi connectivity index (χ1v) is 7.77. The van der Waals surface area contributed by atoms with E-state index in [9.17, 15) is 0 Å². The SMILES string of the molecule is C1Cc2nc(C3CC3)nc(N3CCCNCC3)c2C1. The zero-order chi connectivity index (χ0) is 12.7. The van der Waals surface area contributed by atoms with Crippen LogP contribution in [0.1, 0.15) is 48.7 Å². The third kappa shape index (κ3) is 2.22. The van der Waals surface area contributed by atoms with Gasteiger partial charge in [-0.3, -0.25) is 0 Å². The average molecular weight is 258 g/mol. The van der Waals surface area contributed by atoms with Crippen LogP contribution in [-0.2, 0) is 12.8 Å². The first kappa shape index (κ1) is 11.6. The Labute approximate surface area is 114 Å². The fourth-order valence-electron chi connectivity index (χ4n) is 3.27. The number of fused-ring (bicyclic) bond motifs is 1. The van der Waals surface area contributed by atoms with E-state index in [0.29, 0.717) is 5.92 Å². The zero-order valence-corrected chi connectivity index (χ0v) is 11.5. The maximum Gasteiger partial charge on any atom is 0.135 e. The third-order valence-corrected chi connectivity index (χ3v) is 4.51. The Morgan fingerprint density at radius 2 is 1.95 bits per heavy atom. The van der Waals surface area contributed by atoms with Crippen LogP contribution in [0.5, 0.6) is 0 Å². The molecule has 1 saturated carbocycles.